The van der Waals surface area contributed by atoms with Crippen molar-refractivity contribution in [2.24, 2.45) is 5.73 Å². The van der Waals surface area contributed by atoms with Gasteiger partial charge in [-0.1, -0.05) is 45.0 Å². The maximum Gasteiger partial charge on any atom is 0.164 e. The van der Waals surface area contributed by atoms with Gasteiger partial charge in [0.15, 0.2) is 5.82 Å². The van der Waals surface area contributed by atoms with Crippen molar-refractivity contribution in [3.8, 4) is 11.4 Å². The average molecular weight is 270 g/mol. The molecule has 1 aliphatic heterocycles. The molecule has 1 aromatic heterocycles. The summed E-state index contributed by atoms with van der Waals surface area (Å²) in [5.74, 6) is 2.94. The average Bonchev–Trinajstić information content (AvgIpc) is 2.82. The van der Waals surface area contributed by atoms with E-state index >= 15 is 0 Å². The van der Waals surface area contributed by atoms with E-state index in [2.05, 4.69) is 59.8 Å². The predicted molar refractivity (Wildman–Crippen MR) is 80.6 cm³/mol. The van der Waals surface area contributed by atoms with Crippen LogP contribution in [-0.2, 0) is 6.54 Å². The lowest BCUT2D eigenvalue weighted by Crippen LogP contribution is -2.33. The summed E-state index contributed by atoms with van der Waals surface area (Å²) in [4.78, 5) is 0. The van der Waals surface area contributed by atoms with Crippen LogP contribution in [0.2, 0.25) is 0 Å². The summed E-state index contributed by atoms with van der Waals surface area (Å²) in [6, 6.07) is 8.82. The van der Waals surface area contributed by atoms with Gasteiger partial charge >= 0.3 is 0 Å². The van der Waals surface area contributed by atoms with E-state index in [1.54, 1.807) is 0 Å². The third kappa shape index (κ3) is 2.24. The summed E-state index contributed by atoms with van der Waals surface area (Å²) in [6.45, 7) is 7.39. The Labute approximate surface area is 120 Å². The van der Waals surface area contributed by atoms with E-state index in [4.69, 9.17) is 5.73 Å². The van der Waals surface area contributed by atoms with E-state index in [1.807, 2.05) is 0 Å². The number of rotatable bonds is 2. The van der Waals surface area contributed by atoms with Crippen molar-refractivity contribution in [3.05, 3.63) is 35.7 Å². The molecule has 0 fully saturated rings. The molecule has 106 valence electrons. The second kappa shape index (κ2) is 5.02. The van der Waals surface area contributed by atoms with Crippen molar-refractivity contribution in [2.45, 2.75) is 51.6 Å². The lowest BCUT2D eigenvalue weighted by molar-refractivity contribution is 0.409. The largest absolute Gasteiger partial charge is 0.326 e. The number of hydrogen-bond donors (Lipinski definition) is 1. The Hall–Kier alpha value is -1.68. The van der Waals surface area contributed by atoms with Crippen molar-refractivity contribution in [3.63, 3.8) is 0 Å². The van der Waals surface area contributed by atoms with E-state index in [0.717, 1.165) is 30.2 Å². The number of benzene rings is 1. The van der Waals surface area contributed by atoms with Crippen molar-refractivity contribution in [1.29, 1.82) is 0 Å². The van der Waals surface area contributed by atoms with Gasteiger partial charge in [0.25, 0.3) is 0 Å². The maximum absolute atomic E-state index is 6.13. The summed E-state index contributed by atoms with van der Waals surface area (Å²) in [6.07, 6.45) is 0.990. The Morgan fingerprint density at radius 3 is 2.55 bits per heavy atom. The number of nitrogens with zero attached hydrogens (tertiary/aromatic N) is 3. The fourth-order valence-corrected chi connectivity index (χ4v) is 2.96. The summed E-state index contributed by atoms with van der Waals surface area (Å²) >= 11 is 0. The third-order valence-electron chi connectivity index (χ3n) is 4.13. The van der Waals surface area contributed by atoms with Crippen LogP contribution in [-0.4, -0.2) is 20.8 Å². The Bertz CT molecular complexity index is 597. The second-order valence-electron chi connectivity index (χ2n) is 6.17. The molecule has 0 amide bonds. The van der Waals surface area contributed by atoms with Crippen LogP contribution in [0.15, 0.2) is 24.3 Å². The quantitative estimate of drug-likeness (QED) is 0.913. The van der Waals surface area contributed by atoms with Gasteiger partial charge in [-0.2, -0.15) is 0 Å². The van der Waals surface area contributed by atoms with Crippen molar-refractivity contribution < 1.29 is 0 Å². The molecule has 2 unspecified atom stereocenters. The molecule has 0 radical (unpaired) electrons. The first kappa shape index (κ1) is 13.3. The molecule has 1 aliphatic rings. The van der Waals surface area contributed by atoms with Crippen LogP contribution >= 0.6 is 0 Å². The molecule has 0 saturated heterocycles. The zero-order valence-electron chi connectivity index (χ0n) is 12.4. The van der Waals surface area contributed by atoms with Gasteiger partial charge in [-0.3, -0.25) is 0 Å². The minimum atomic E-state index is 0.196. The van der Waals surface area contributed by atoms with E-state index in [0.29, 0.717) is 11.8 Å². The van der Waals surface area contributed by atoms with Crippen LogP contribution in [0.25, 0.3) is 11.4 Å². The molecule has 2 atom stereocenters. The lowest BCUT2D eigenvalue weighted by atomic mass is 9.97. The second-order valence-corrected chi connectivity index (χ2v) is 6.17. The van der Waals surface area contributed by atoms with Crippen molar-refractivity contribution in [1.82, 2.24) is 14.8 Å². The van der Waals surface area contributed by atoms with Gasteiger partial charge in [-0.25, -0.2) is 0 Å². The SMILES string of the molecule is CC(C)c1ccc(-c2nnc3n2CC(N)CC3C)cc1. The standard InChI is InChI=1S/C16H22N4/c1-10(2)12-4-6-13(7-5-12)16-19-18-15-11(3)8-14(17)9-20(15)16/h4-7,10-11,14H,8-9,17H2,1-3H3. The minimum Gasteiger partial charge on any atom is -0.326 e. The summed E-state index contributed by atoms with van der Waals surface area (Å²) < 4.78 is 2.18. The normalized spacial score (nSPS) is 22.1. The van der Waals surface area contributed by atoms with Crippen LogP contribution in [0.4, 0.5) is 0 Å². The zero-order chi connectivity index (χ0) is 14.3. The predicted octanol–water partition coefficient (Wildman–Crippen LogP) is 2.90. The van der Waals surface area contributed by atoms with E-state index < -0.39 is 0 Å². The first-order valence-electron chi connectivity index (χ1n) is 7.35. The van der Waals surface area contributed by atoms with Gasteiger partial charge in [-0.05, 0) is 17.9 Å². The zero-order valence-corrected chi connectivity index (χ0v) is 12.4. The van der Waals surface area contributed by atoms with Crippen LogP contribution in [0.5, 0.6) is 0 Å². The molecule has 1 aromatic carbocycles. The highest BCUT2D eigenvalue weighted by Gasteiger charge is 2.26. The molecule has 2 heterocycles. The fraction of sp³-hybridized carbons (Fsp3) is 0.500. The topological polar surface area (TPSA) is 56.7 Å². The maximum atomic E-state index is 6.13. The molecule has 2 N–H and O–H groups in total. The molecule has 0 aliphatic carbocycles. The van der Waals surface area contributed by atoms with Gasteiger partial charge in [0.1, 0.15) is 5.82 Å². The van der Waals surface area contributed by atoms with E-state index in [9.17, 15) is 0 Å². The molecule has 0 spiro atoms. The first-order chi connectivity index (χ1) is 9.56. The van der Waals surface area contributed by atoms with Gasteiger partial charge < -0.3 is 10.3 Å². The molecule has 0 bridgehead atoms. The minimum absolute atomic E-state index is 0.196. The summed E-state index contributed by atoms with van der Waals surface area (Å²) in [5.41, 5.74) is 8.60. The molecular weight excluding hydrogens is 248 g/mol. The van der Waals surface area contributed by atoms with Gasteiger partial charge in [0, 0.05) is 24.1 Å². The van der Waals surface area contributed by atoms with Crippen LogP contribution in [0.1, 0.15) is 50.4 Å². The highest BCUT2D eigenvalue weighted by Crippen LogP contribution is 2.29. The van der Waals surface area contributed by atoms with Crippen molar-refractivity contribution >= 4 is 0 Å². The van der Waals surface area contributed by atoms with E-state index in [-0.39, 0.29) is 6.04 Å². The first-order valence-corrected chi connectivity index (χ1v) is 7.35. The molecule has 4 heteroatoms. The molecule has 0 saturated carbocycles. The van der Waals surface area contributed by atoms with Crippen LogP contribution < -0.4 is 5.73 Å². The number of hydrogen-bond acceptors (Lipinski definition) is 3. The van der Waals surface area contributed by atoms with Gasteiger partial charge in [0.05, 0.1) is 0 Å². The third-order valence-corrected chi connectivity index (χ3v) is 4.13. The number of aromatic nitrogens is 3. The fourth-order valence-electron chi connectivity index (χ4n) is 2.96. The Balaban J connectivity index is 1.99. The van der Waals surface area contributed by atoms with Crippen LogP contribution in [0, 0.1) is 0 Å². The monoisotopic (exact) mass is 270 g/mol. The Morgan fingerprint density at radius 2 is 1.90 bits per heavy atom. The molecule has 2 aromatic rings. The Morgan fingerprint density at radius 1 is 1.20 bits per heavy atom. The van der Waals surface area contributed by atoms with Gasteiger partial charge in [-0.15, -0.1) is 10.2 Å². The summed E-state index contributed by atoms with van der Waals surface area (Å²) in [7, 11) is 0. The highest BCUT2D eigenvalue weighted by molar-refractivity contribution is 5.56. The van der Waals surface area contributed by atoms with Gasteiger partial charge in [0.2, 0.25) is 0 Å². The van der Waals surface area contributed by atoms with E-state index in [1.165, 1.54) is 5.56 Å². The Kier molecular flexibility index (Phi) is 3.34. The highest BCUT2D eigenvalue weighted by atomic mass is 15.3. The molecule has 3 rings (SSSR count). The van der Waals surface area contributed by atoms with Crippen LogP contribution in [0.3, 0.4) is 0 Å². The number of fused-ring (bicyclic) bond motifs is 1. The lowest BCUT2D eigenvalue weighted by Gasteiger charge is -2.25. The van der Waals surface area contributed by atoms with Crippen molar-refractivity contribution in [2.75, 3.05) is 0 Å². The summed E-state index contributed by atoms with van der Waals surface area (Å²) in [5, 5.41) is 8.75. The molecule has 4 nitrogen and oxygen atoms in total. The smallest absolute Gasteiger partial charge is 0.164 e. The molecule has 20 heavy (non-hydrogen) atoms. The molecular formula is C16H22N4. The number of nitrogens with two attached hydrogens (primary N) is 1.